The van der Waals surface area contributed by atoms with E-state index < -0.39 is 0 Å². The third-order valence-corrected chi connectivity index (χ3v) is 3.32. The van der Waals surface area contributed by atoms with Crippen molar-refractivity contribution in [2.45, 2.75) is 26.1 Å². The van der Waals surface area contributed by atoms with Crippen LogP contribution in [0.1, 0.15) is 18.1 Å². The molecule has 2 N–H and O–H groups in total. The number of benzene rings is 2. The molecule has 0 fully saturated rings. The zero-order chi connectivity index (χ0) is 15.8. The van der Waals surface area contributed by atoms with Crippen LogP contribution in [0.25, 0.3) is 0 Å². The molecule has 116 valence electrons. The second-order valence-electron chi connectivity index (χ2n) is 5.20. The number of hydrogen-bond acceptors (Lipinski definition) is 3. The summed E-state index contributed by atoms with van der Waals surface area (Å²) < 4.78 is 5.12. The second kappa shape index (κ2) is 8.20. The Morgan fingerprint density at radius 3 is 2.55 bits per heavy atom. The fourth-order valence-corrected chi connectivity index (χ4v) is 2.17. The van der Waals surface area contributed by atoms with Gasteiger partial charge in [0.15, 0.2) is 0 Å². The molecule has 0 aliphatic rings. The van der Waals surface area contributed by atoms with Crippen molar-refractivity contribution < 1.29 is 9.53 Å². The van der Waals surface area contributed by atoms with E-state index in [9.17, 15) is 4.79 Å². The molecule has 0 radical (unpaired) electrons. The maximum atomic E-state index is 12.1. The lowest BCUT2D eigenvalue weighted by Gasteiger charge is -2.16. The van der Waals surface area contributed by atoms with Gasteiger partial charge in [-0.2, -0.15) is 0 Å². The van der Waals surface area contributed by atoms with Gasteiger partial charge in [0.25, 0.3) is 0 Å². The predicted molar refractivity (Wildman–Crippen MR) is 88.5 cm³/mol. The van der Waals surface area contributed by atoms with Crippen LogP contribution in [0, 0.1) is 0 Å². The van der Waals surface area contributed by atoms with Crippen LogP contribution in [0.15, 0.2) is 54.6 Å². The van der Waals surface area contributed by atoms with E-state index in [0.717, 1.165) is 16.8 Å². The van der Waals surface area contributed by atoms with E-state index in [1.54, 1.807) is 7.11 Å². The zero-order valence-electron chi connectivity index (χ0n) is 13.0. The maximum Gasteiger partial charge on any atom is 0.242 e. The van der Waals surface area contributed by atoms with Crippen molar-refractivity contribution >= 4 is 11.6 Å². The molecule has 4 nitrogen and oxygen atoms in total. The number of carbonyl (C=O) groups excluding carboxylic acids is 1. The van der Waals surface area contributed by atoms with Crippen LogP contribution in [-0.4, -0.2) is 19.1 Å². The van der Waals surface area contributed by atoms with Crippen molar-refractivity contribution in [1.82, 2.24) is 5.32 Å². The van der Waals surface area contributed by atoms with Gasteiger partial charge >= 0.3 is 0 Å². The smallest absolute Gasteiger partial charge is 0.242 e. The van der Waals surface area contributed by atoms with Crippen molar-refractivity contribution in [3.8, 4) is 0 Å². The fraction of sp³-hybridized carbons (Fsp3) is 0.278. The SMILES string of the molecule is COCc1cccc(N[C@H](C)C(=O)NCc2ccccc2)c1. The molecule has 0 heterocycles. The third kappa shape index (κ3) is 4.90. The number of anilines is 1. The molecular weight excluding hydrogens is 276 g/mol. The van der Waals surface area contributed by atoms with E-state index >= 15 is 0 Å². The Morgan fingerprint density at radius 2 is 1.82 bits per heavy atom. The lowest BCUT2D eigenvalue weighted by Crippen LogP contribution is -2.37. The van der Waals surface area contributed by atoms with Crippen LogP contribution in [0.4, 0.5) is 5.69 Å². The van der Waals surface area contributed by atoms with Crippen molar-refractivity contribution in [2.75, 3.05) is 12.4 Å². The quantitative estimate of drug-likeness (QED) is 0.826. The topological polar surface area (TPSA) is 50.4 Å². The summed E-state index contributed by atoms with van der Waals surface area (Å²) >= 11 is 0. The molecule has 0 bridgehead atoms. The number of methoxy groups -OCH3 is 1. The average Bonchev–Trinajstić information content (AvgIpc) is 2.54. The Hall–Kier alpha value is -2.33. The summed E-state index contributed by atoms with van der Waals surface area (Å²) in [5.74, 6) is -0.0269. The summed E-state index contributed by atoms with van der Waals surface area (Å²) in [5.41, 5.74) is 3.08. The number of ether oxygens (including phenoxy) is 1. The van der Waals surface area contributed by atoms with Crippen LogP contribution in [0.5, 0.6) is 0 Å². The highest BCUT2D eigenvalue weighted by Crippen LogP contribution is 2.12. The molecule has 2 rings (SSSR count). The first-order chi connectivity index (χ1) is 10.7. The highest BCUT2D eigenvalue weighted by Gasteiger charge is 2.12. The molecule has 0 aliphatic heterocycles. The summed E-state index contributed by atoms with van der Waals surface area (Å²) in [4.78, 5) is 12.1. The standard InChI is InChI=1S/C18H22N2O2/c1-14(18(21)19-12-15-7-4-3-5-8-15)20-17-10-6-9-16(11-17)13-22-2/h3-11,14,20H,12-13H2,1-2H3,(H,19,21)/t14-/m1/s1. The number of nitrogens with one attached hydrogen (secondary N) is 2. The minimum atomic E-state index is -0.304. The zero-order valence-corrected chi connectivity index (χ0v) is 13.0. The molecule has 4 heteroatoms. The lowest BCUT2D eigenvalue weighted by molar-refractivity contribution is -0.121. The van der Waals surface area contributed by atoms with Crippen molar-refractivity contribution in [1.29, 1.82) is 0 Å². The summed E-state index contributed by atoms with van der Waals surface area (Å²) in [6, 6.07) is 17.4. The van der Waals surface area contributed by atoms with Crippen molar-refractivity contribution in [2.24, 2.45) is 0 Å². The largest absolute Gasteiger partial charge is 0.380 e. The molecule has 1 atom stereocenters. The Labute approximate surface area is 131 Å². The van der Waals surface area contributed by atoms with Gasteiger partial charge in [-0.05, 0) is 30.2 Å². The number of hydrogen-bond donors (Lipinski definition) is 2. The molecule has 0 saturated heterocycles. The average molecular weight is 298 g/mol. The van der Waals surface area contributed by atoms with E-state index in [4.69, 9.17) is 4.74 Å². The molecule has 22 heavy (non-hydrogen) atoms. The van der Waals surface area contributed by atoms with Gasteiger partial charge in [0.05, 0.1) is 6.61 Å². The van der Waals surface area contributed by atoms with Crippen LogP contribution in [-0.2, 0) is 22.7 Å². The highest BCUT2D eigenvalue weighted by molar-refractivity contribution is 5.84. The van der Waals surface area contributed by atoms with Gasteiger partial charge in [0.2, 0.25) is 5.91 Å². The Balaban J connectivity index is 1.87. The van der Waals surface area contributed by atoms with E-state index in [-0.39, 0.29) is 11.9 Å². The molecule has 2 aromatic carbocycles. The van der Waals surface area contributed by atoms with E-state index in [1.807, 2.05) is 61.5 Å². The third-order valence-electron chi connectivity index (χ3n) is 3.32. The van der Waals surface area contributed by atoms with E-state index in [0.29, 0.717) is 13.2 Å². The first-order valence-corrected chi connectivity index (χ1v) is 7.35. The van der Waals surface area contributed by atoms with Crippen LogP contribution >= 0.6 is 0 Å². The summed E-state index contributed by atoms with van der Waals surface area (Å²) in [6.45, 7) is 2.95. The van der Waals surface area contributed by atoms with Gasteiger partial charge in [-0.3, -0.25) is 4.79 Å². The maximum absolute atomic E-state index is 12.1. The monoisotopic (exact) mass is 298 g/mol. The number of carbonyl (C=O) groups is 1. The summed E-state index contributed by atoms with van der Waals surface area (Å²) in [5, 5.41) is 6.14. The van der Waals surface area contributed by atoms with Gasteiger partial charge in [-0.15, -0.1) is 0 Å². The molecule has 0 spiro atoms. The minimum Gasteiger partial charge on any atom is -0.380 e. The molecule has 0 saturated carbocycles. The fourth-order valence-electron chi connectivity index (χ4n) is 2.17. The van der Waals surface area contributed by atoms with Gasteiger partial charge in [0.1, 0.15) is 6.04 Å². The predicted octanol–water partition coefficient (Wildman–Crippen LogP) is 2.95. The summed E-state index contributed by atoms with van der Waals surface area (Å²) in [7, 11) is 1.67. The highest BCUT2D eigenvalue weighted by atomic mass is 16.5. The normalized spacial score (nSPS) is 11.7. The molecule has 0 unspecified atom stereocenters. The van der Waals surface area contributed by atoms with Crippen LogP contribution in [0.2, 0.25) is 0 Å². The summed E-state index contributed by atoms with van der Waals surface area (Å²) in [6.07, 6.45) is 0. The van der Waals surface area contributed by atoms with Gasteiger partial charge in [-0.25, -0.2) is 0 Å². The van der Waals surface area contributed by atoms with E-state index in [1.165, 1.54) is 0 Å². The second-order valence-corrected chi connectivity index (χ2v) is 5.20. The van der Waals surface area contributed by atoms with Crippen molar-refractivity contribution in [3.05, 3.63) is 65.7 Å². The molecule has 1 amide bonds. The van der Waals surface area contributed by atoms with Gasteiger partial charge < -0.3 is 15.4 Å². The van der Waals surface area contributed by atoms with Gasteiger partial charge in [-0.1, -0.05) is 42.5 Å². The minimum absolute atomic E-state index is 0.0269. The van der Waals surface area contributed by atoms with E-state index in [2.05, 4.69) is 10.6 Å². The van der Waals surface area contributed by atoms with Crippen molar-refractivity contribution in [3.63, 3.8) is 0 Å². The first-order valence-electron chi connectivity index (χ1n) is 7.35. The number of rotatable bonds is 7. The Morgan fingerprint density at radius 1 is 1.09 bits per heavy atom. The van der Waals surface area contributed by atoms with Crippen LogP contribution in [0.3, 0.4) is 0 Å². The molecule has 0 aliphatic carbocycles. The number of amides is 1. The first kappa shape index (κ1) is 16.0. The lowest BCUT2D eigenvalue weighted by atomic mass is 10.2. The Bertz CT molecular complexity index is 599. The Kier molecular flexibility index (Phi) is 5.98. The molecule has 2 aromatic rings. The van der Waals surface area contributed by atoms with Gasteiger partial charge in [0, 0.05) is 19.3 Å². The van der Waals surface area contributed by atoms with Crippen LogP contribution < -0.4 is 10.6 Å². The molecular formula is C18H22N2O2. The molecule has 0 aromatic heterocycles.